The molecule has 1 aromatic heterocycles. The fraction of sp³-hybridized carbons (Fsp3) is 0.529. The molecule has 2 heterocycles. The van der Waals surface area contributed by atoms with Crippen molar-refractivity contribution in [1.29, 1.82) is 0 Å². The van der Waals surface area contributed by atoms with Crippen molar-refractivity contribution in [2.45, 2.75) is 32.0 Å². The van der Waals surface area contributed by atoms with Crippen LogP contribution in [0.2, 0.25) is 0 Å². The van der Waals surface area contributed by atoms with E-state index < -0.39 is 31.8 Å². The van der Waals surface area contributed by atoms with E-state index >= 15 is 0 Å². The molecule has 178 valence electrons. The Morgan fingerprint density at radius 3 is 2.09 bits per heavy atom. The van der Waals surface area contributed by atoms with E-state index in [-0.39, 0.29) is 28.8 Å². The van der Waals surface area contributed by atoms with Crippen LogP contribution in [0.1, 0.15) is 19.3 Å². The molecule has 1 saturated heterocycles. The van der Waals surface area contributed by atoms with Crippen LogP contribution in [0.15, 0.2) is 18.5 Å². The van der Waals surface area contributed by atoms with Gasteiger partial charge in [-0.1, -0.05) is 0 Å². The normalized spacial score (nSPS) is 16.4. The monoisotopic (exact) mass is 489 g/mol. The number of anilines is 1. The van der Waals surface area contributed by atoms with Crippen LogP contribution in [-0.2, 0) is 4.57 Å². The van der Waals surface area contributed by atoms with Gasteiger partial charge in [0.25, 0.3) is 0 Å². The van der Waals surface area contributed by atoms with Crippen molar-refractivity contribution >= 4 is 24.3 Å². The Morgan fingerprint density at radius 1 is 1.00 bits per heavy atom. The van der Waals surface area contributed by atoms with Crippen LogP contribution in [0.3, 0.4) is 0 Å². The zero-order chi connectivity index (χ0) is 23.7. The number of rotatable bonds is 6. The number of alkyl halides is 6. The lowest BCUT2D eigenvalue weighted by Crippen LogP contribution is -2.34. The molecule has 0 amide bonds. The molecular weight excluding hydrogens is 471 g/mol. The summed E-state index contributed by atoms with van der Waals surface area (Å²) in [6, 6.07) is 1.45. The number of fused-ring (bicyclic) bond motifs is 1. The molecule has 15 heteroatoms. The first kappa shape index (κ1) is 24.3. The third kappa shape index (κ3) is 6.84. The van der Waals surface area contributed by atoms with E-state index in [0.717, 1.165) is 12.4 Å². The lowest BCUT2D eigenvalue weighted by molar-refractivity contribution is -0.287. The molecule has 3 rings (SSSR count). The van der Waals surface area contributed by atoms with Crippen molar-refractivity contribution < 1.29 is 50.2 Å². The molecule has 2 N–H and O–H groups in total. The van der Waals surface area contributed by atoms with Gasteiger partial charge in [0, 0.05) is 24.5 Å². The highest BCUT2D eigenvalue weighted by molar-refractivity contribution is 7.51. The van der Waals surface area contributed by atoms with Crippen molar-refractivity contribution in [3.8, 4) is 11.5 Å². The second kappa shape index (κ2) is 8.91. The summed E-state index contributed by atoms with van der Waals surface area (Å²) in [7, 11) is -4.11. The zero-order valence-electron chi connectivity index (χ0n) is 16.2. The highest BCUT2D eigenvalue weighted by atomic mass is 31.2. The number of halogens is 6. The van der Waals surface area contributed by atoms with Crippen molar-refractivity contribution in [3.05, 3.63) is 18.5 Å². The summed E-state index contributed by atoms with van der Waals surface area (Å²) in [4.78, 5) is 27.6. The van der Waals surface area contributed by atoms with Crippen LogP contribution >= 0.6 is 7.60 Å². The first-order chi connectivity index (χ1) is 14.7. The topological polar surface area (TPSA) is 105 Å². The van der Waals surface area contributed by atoms with Gasteiger partial charge < -0.3 is 24.2 Å². The summed E-state index contributed by atoms with van der Waals surface area (Å²) in [5, 5.41) is 0.0370. The lowest BCUT2D eigenvalue weighted by Gasteiger charge is -2.33. The van der Waals surface area contributed by atoms with Gasteiger partial charge >= 0.3 is 20.3 Å². The van der Waals surface area contributed by atoms with Gasteiger partial charge in [-0.25, -0.2) is 9.97 Å². The van der Waals surface area contributed by atoms with Crippen LogP contribution < -0.4 is 14.4 Å². The molecule has 0 atom stereocenters. The number of benzene rings is 1. The Balaban J connectivity index is 1.88. The van der Waals surface area contributed by atoms with Crippen LogP contribution in [0, 0.1) is 5.92 Å². The van der Waals surface area contributed by atoms with E-state index in [1.807, 2.05) is 0 Å². The zero-order valence-corrected chi connectivity index (χ0v) is 17.1. The fourth-order valence-electron chi connectivity index (χ4n) is 3.50. The van der Waals surface area contributed by atoms with Gasteiger partial charge in [0.1, 0.15) is 12.1 Å². The van der Waals surface area contributed by atoms with E-state index in [9.17, 15) is 30.9 Å². The SMILES string of the molecule is O=P(O)(O)CCC1CCN(c2ncnc3cc(OC(F)(F)F)c(OC(F)(F)F)cc23)CC1. The van der Waals surface area contributed by atoms with Gasteiger partial charge in [-0.3, -0.25) is 4.57 Å². The van der Waals surface area contributed by atoms with E-state index in [2.05, 4.69) is 19.4 Å². The number of ether oxygens (including phenoxy) is 2. The van der Waals surface area contributed by atoms with E-state index in [1.165, 1.54) is 0 Å². The molecule has 0 unspecified atom stereocenters. The van der Waals surface area contributed by atoms with Crippen LogP contribution in [0.25, 0.3) is 10.9 Å². The van der Waals surface area contributed by atoms with Gasteiger partial charge in [0.2, 0.25) is 0 Å². The highest BCUT2D eigenvalue weighted by Gasteiger charge is 2.37. The summed E-state index contributed by atoms with van der Waals surface area (Å²) >= 11 is 0. The molecule has 1 aliphatic rings. The van der Waals surface area contributed by atoms with Gasteiger partial charge in [0.05, 0.1) is 11.7 Å². The average Bonchev–Trinajstić information content (AvgIpc) is 2.64. The van der Waals surface area contributed by atoms with Crippen LogP contribution in [0.5, 0.6) is 11.5 Å². The summed E-state index contributed by atoms with van der Waals surface area (Å²) in [5.41, 5.74) is -0.0765. The third-order valence-electron chi connectivity index (χ3n) is 4.87. The third-order valence-corrected chi connectivity index (χ3v) is 5.71. The predicted octanol–water partition coefficient (Wildman–Crippen LogP) is 4.21. The minimum absolute atomic E-state index is 0.0370. The Bertz CT molecular complexity index is 1000. The molecule has 1 aromatic carbocycles. The molecule has 0 saturated carbocycles. The number of aromatic nitrogens is 2. The van der Waals surface area contributed by atoms with Gasteiger partial charge in [-0.05, 0) is 31.2 Å². The fourth-order valence-corrected chi connectivity index (χ4v) is 4.20. The van der Waals surface area contributed by atoms with E-state index in [1.54, 1.807) is 4.90 Å². The van der Waals surface area contributed by atoms with E-state index in [4.69, 9.17) is 9.79 Å². The van der Waals surface area contributed by atoms with Crippen LogP contribution in [-0.4, -0.2) is 51.7 Å². The first-order valence-corrected chi connectivity index (χ1v) is 11.1. The second-order valence-corrected chi connectivity index (χ2v) is 8.99. The van der Waals surface area contributed by atoms with Crippen molar-refractivity contribution in [3.63, 3.8) is 0 Å². The van der Waals surface area contributed by atoms with Crippen molar-refractivity contribution in [2.24, 2.45) is 5.92 Å². The summed E-state index contributed by atoms with van der Waals surface area (Å²) in [6.45, 7) is 0.766. The Kier molecular flexibility index (Phi) is 6.78. The molecular formula is C17H18F6N3O5P. The molecule has 1 aliphatic heterocycles. The second-order valence-electron chi connectivity index (χ2n) is 7.22. The van der Waals surface area contributed by atoms with Crippen molar-refractivity contribution in [2.75, 3.05) is 24.2 Å². The number of hydrogen-bond donors (Lipinski definition) is 2. The molecule has 2 aromatic rings. The Hall–Kier alpha value is -2.31. The summed E-state index contributed by atoms with van der Waals surface area (Å²) < 4.78 is 94.7. The molecule has 0 radical (unpaired) electrons. The number of nitrogens with zero attached hydrogens (tertiary/aromatic N) is 3. The van der Waals surface area contributed by atoms with Gasteiger partial charge in [0.15, 0.2) is 11.5 Å². The molecule has 0 spiro atoms. The summed E-state index contributed by atoms with van der Waals surface area (Å²) in [6.07, 6.45) is -8.26. The molecule has 1 fully saturated rings. The van der Waals surface area contributed by atoms with Crippen molar-refractivity contribution in [1.82, 2.24) is 9.97 Å². The molecule has 0 bridgehead atoms. The summed E-state index contributed by atoms with van der Waals surface area (Å²) in [5.74, 6) is -2.13. The minimum Gasteiger partial charge on any atom is -0.402 e. The first-order valence-electron chi connectivity index (χ1n) is 9.30. The van der Waals surface area contributed by atoms with E-state index in [0.29, 0.717) is 38.4 Å². The number of hydrogen-bond acceptors (Lipinski definition) is 6. The lowest BCUT2D eigenvalue weighted by atomic mass is 9.94. The smallest absolute Gasteiger partial charge is 0.402 e. The Morgan fingerprint density at radius 2 is 1.56 bits per heavy atom. The highest BCUT2D eigenvalue weighted by Crippen LogP contribution is 2.41. The maximum atomic E-state index is 12.8. The average molecular weight is 489 g/mol. The Labute approximate surface area is 177 Å². The standard InChI is InChI=1S/C17H18F6N3O5P/c18-16(19,20)30-13-7-11-12(8-14(13)31-17(21,22)23)24-9-25-15(11)26-4-1-10(2-5-26)3-6-32(27,28)29/h7-10H,1-6H2,(H2,27,28,29). The minimum atomic E-state index is -5.26. The maximum Gasteiger partial charge on any atom is 0.573 e. The van der Waals surface area contributed by atoms with Gasteiger partial charge in [-0.15, -0.1) is 26.3 Å². The quantitative estimate of drug-likeness (QED) is 0.460. The van der Waals surface area contributed by atoms with Crippen LogP contribution in [0.4, 0.5) is 32.2 Å². The maximum absolute atomic E-state index is 12.8. The van der Waals surface area contributed by atoms with Gasteiger partial charge in [-0.2, -0.15) is 0 Å². The predicted molar refractivity (Wildman–Crippen MR) is 99.4 cm³/mol. The molecule has 0 aliphatic carbocycles. The molecule has 32 heavy (non-hydrogen) atoms. The largest absolute Gasteiger partial charge is 0.573 e. The number of piperidine rings is 1. The molecule has 8 nitrogen and oxygen atoms in total.